The maximum atomic E-state index is 11.6. The monoisotopic (exact) mass is 238 g/mol. The van der Waals surface area contributed by atoms with E-state index >= 15 is 0 Å². The third-order valence-corrected chi connectivity index (χ3v) is 2.06. The van der Waals surface area contributed by atoms with Crippen LogP contribution < -0.4 is 4.74 Å². The zero-order valence-corrected chi connectivity index (χ0v) is 10.6. The van der Waals surface area contributed by atoms with Crippen LogP contribution in [0.25, 0.3) is 0 Å². The summed E-state index contributed by atoms with van der Waals surface area (Å²) in [6.45, 7) is 5.27. The highest BCUT2D eigenvalue weighted by Gasteiger charge is 2.24. The fourth-order valence-electron chi connectivity index (χ4n) is 1.28. The minimum absolute atomic E-state index is 0.486. The van der Waals surface area contributed by atoms with Crippen LogP contribution in [0.5, 0.6) is 5.75 Å². The third-order valence-electron chi connectivity index (χ3n) is 2.06. The number of hydrogen-bond acceptors (Lipinski definition) is 4. The lowest BCUT2D eigenvalue weighted by Crippen LogP contribution is -2.27. The van der Waals surface area contributed by atoms with E-state index in [1.54, 1.807) is 52.1 Å². The molecule has 0 fully saturated rings. The molecule has 17 heavy (non-hydrogen) atoms. The lowest BCUT2D eigenvalue weighted by atomic mass is 10.1. The molecule has 0 aliphatic heterocycles. The number of methoxy groups -OCH3 is 1. The van der Waals surface area contributed by atoms with E-state index in [0.29, 0.717) is 11.3 Å². The molecule has 0 amide bonds. The molecule has 1 aromatic rings. The molecule has 1 rings (SSSR count). The van der Waals surface area contributed by atoms with E-state index in [2.05, 4.69) is 0 Å². The Labute approximate surface area is 101 Å². The first-order chi connectivity index (χ1) is 7.83. The van der Waals surface area contributed by atoms with Crippen molar-refractivity contribution in [3.05, 3.63) is 29.8 Å². The summed E-state index contributed by atoms with van der Waals surface area (Å²) in [5.41, 5.74) is -0.120. The normalized spacial score (nSPS) is 13.0. The Kier molecular flexibility index (Phi) is 4.12. The molecule has 0 heterocycles. The average molecular weight is 238 g/mol. The number of aliphatic hydroxyl groups excluding tert-OH is 1. The molecule has 0 aliphatic carbocycles. The van der Waals surface area contributed by atoms with Crippen LogP contribution in [0.4, 0.5) is 0 Å². The molecule has 0 aliphatic rings. The van der Waals surface area contributed by atoms with E-state index < -0.39 is 17.7 Å². The SMILES string of the molecule is COc1ccc([C@H](O)C(=O)OC(C)(C)C)cc1. The summed E-state index contributed by atoms with van der Waals surface area (Å²) in [5, 5.41) is 9.80. The van der Waals surface area contributed by atoms with Gasteiger partial charge in [-0.15, -0.1) is 0 Å². The van der Waals surface area contributed by atoms with Gasteiger partial charge in [0.1, 0.15) is 11.4 Å². The van der Waals surface area contributed by atoms with Crippen LogP contribution in [-0.2, 0) is 9.53 Å². The molecule has 1 atom stereocenters. The van der Waals surface area contributed by atoms with Gasteiger partial charge in [-0.2, -0.15) is 0 Å². The van der Waals surface area contributed by atoms with Crippen molar-refractivity contribution in [3.63, 3.8) is 0 Å². The van der Waals surface area contributed by atoms with Crippen LogP contribution in [-0.4, -0.2) is 23.8 Å². The van der Waals surface area contributed by atoms with E-state index in [9.17, 15) is 9.90 Å². The lowest BCUT2D eigenvalue weighted by molar-refractivity contribution is -0.165. The first kappa shape index (κ1) is 13.5. The fourth-order valence-corrected chi connectivity index (χ4v) is 1.28. The van der Waals surface area contributed by atoms with E-state index in [0.717, 1.165) is 0 Å². The molecule has 0 spiro atoms. The molecule has 4 heteroatoms. The van der Waals surface area contributed by atoms with Gasteiger partial charge in [0.15, 0.2) is 6.10 Å². The van der Waals surface area contributed by atoms with Crippen molar-refractivity contribution in [3.8, 4) is 5.75 Å². The topological polar surface area (TPSA) is 55.8 Å². The van der Waals surface area contributed by atoms with Crippen LogP contribution in [0, 0.1) is 0 Å². The largest absolute Gasteiger partial charge is 0.497 e. The first-order valence-electron chi connectivity index (χ1n) is 5.38. The molecule has 4 nitrogen and oxygen atoms in total. The molecule has 0 aromatic heterocycles. The zero-order valence-electron chi connectivity index (χ0n) is 10.6. The van der Waals surface area contributed by atoms with Crippen molar-refractivity contribution in [2.75, 3.05) is 7.11 Å². The van der Waals surface area contributed by atoms with Crippen LogP contribution >= 0.6 is 0 Å². The van der Waals surface area contributed by atoms with E-state index in [4.69, 9.17) is 9.47 Å². The van der Waals surface area contributed by atoms with Crippen molar-refractivity contribution in [1.29, 1.82) is 0 Å². The predicted octanol–water partition coefficient (Wildman–Crippen LogP) is 2.07. The second kappa shape index (κ2) is 5.19. The molecular weight excluding hydrogens is 220 g/mol. The summed E-state index contributed by atoms with van der Waals surface area (Å²) >= 11 is 0. The molecule has 1 N–H and O–H groups in total. The molecular formula is C13H18O4. The van der Waals surface area contributed by atoms with Crippen molar-refractivity contribution < 1.29 is 19.4 Å². The van der Waals surface area contributed by atoms with Gasteiger partial charge in [0.2, 0.25) is 0 Å². The van der Waals surface area contributed by atoms with Crippen molar-refractivity contribution in [2.45, 2.75) is 32.5 Å². The average Bonchev–Trinajstić information content (AvgIpc) is 2.26. The fraction of sp³-hybridized carbons (Fsp3) is 0.462. The van der Waals surface area contributed by atoms with E-state index in [1.807, 2.05) is 0 Å². The first-order valence-corrected chi connectivity index (χ1v) is 5.38. The minimum atomic E-state index is -1.26. The molecule has 0 saturated carbocycles. The molecule has 1 aromatic carbocycles. The summed E-state index contributed by atoms with van der Waals surface area (Å²) in [6, 6.07) is 6.63. The highest BCUT2D eigenvalue weighted by atomic mass is 16.6. The second-order valence-corrected chi connectivity index (χ2v) is 4.71. The quantitative estimate of drug-likeness (QED) is 0.819. The summed E-state index contributed by atoms with van der Waals surface area (Å²) in [4.78, 5) is 11.6. The van der Waals surface area contributed by atoms with Gasteiger partial charge >= 0.3 is 5.97 Å². The molecule has 0 bridgehead atoms. The van der Waals surface area contributed by atoms with E-state index in [1.165, 1.54) is 0 Å². The maximum Gasteiger partial charge on any atom is 0.340 e. The van der Waals surface area contributed by atoms with Crippen molar-refractivity contribution in [2.24, 2.45) is 0 Å². The standard InChI is InChI=1S/C13H18O4/c1-13(2,3)17-12(15)11(14)9-5-7-10(16-4)8-6-9/h5-8,11,14H,1-4H3/t11-/m0/s1. The Morgan fingerprint density at radius 2 is 1.76 bits per heavy atom. The smallest absolute Gasteiger partial charge is 0.340 e. The Balaban J connectivity index is 2.74. The van der Waals surface area contributed by atoms with Gasteiger partial charge in [0, 0.05) is 0 Å². The van der Waals surface area contributed by atoms with E-state index in [-0.39, 0.29) is 0 Å². The number of carbonyl (C=O) groups is 1. The van der Waals surface area contributed by atoms with Gasteiger partial charge in [-0.3, -0.25) is 0 Å². The Morgan fingerprint density at radius 1 is 1.24 bits per heavy atom. The lowest BCUT2D eigenvalue weighted by Gasteiger charge is -2.21. The van der Waals surface area contributed by atoms with Crippen LogP contribution in [0.1, 0.15) is 32.4 Å². The number of esters is 1. The zero-order chi connectivity index (χ0) is 13.1. The summed E-state index contributed by atoms with van der Waals surface area (Å²) in [7, 11) is 1.55. The van der Waals surface area contributed by atoms with Gasteiger partial charge in [0.25, 0.3) is 0 Å². The summed E-state index contributed by atoms with van der Waals surface area (Å²) in [5.74, 6) is 0.0211. The second-order valence-electron chi connectivity index (χ2n) is 4.71. The number of aliphatic hydroxyl groups is 1. The predicted molar refractivity (Wildman–Crippen MR) is 63.8 cm³/mol. The van der Waals surface area contributed by atoms with Gasteiger partial charge in [-0.25, -0.2) is 4.79 Å². The van der Waals surface area contributed by atoms with Gasteiger partial charge in [0.05, 0.1) is 7.11 Å². The molecule has 0 radical (unpaired) electrons. The number of benzene rings is 1. The van der Waals surface area contributed by atoms with Gasteiger partial charge in [-0.05, 0) is 38.5 Å². The number of ether oxygens (including phenoxy) is 2. The summed E-state index contributed by atoms with van der Waals surface area (Å²) in [6.07, 6.45) is -1.26. The molecule has 0 unspecified atom stereocenters. The Morgan fingerprint density at radius 3 is 2.18 bits per heavy atom. The van der Waals surface area contributed by atoms with Crippen molar-refractivity contribution in [1.82, 2.24) is 0 Å². The highest BCUT2D eigenvalue weighted by molar-refractivity contribution is 5.76. The van der Waals surface area contributed by atoms with Crippen molar-refractivity contribution >= 4 is 5.97 Å². The van der Waals surface area contributed by atoms with Gasteiger partial charge < -0.3 is 14.6 Å². The number of rotatable bonds is 3. The Hall–Kier alpha value is -1.55. The number of carbonyl (C=O) groups excluding carboxylic acids is 1. The van der Waals surface area contributed by atoms with Crippen LogP contribution in [0.2, 0.25) is 0 Å². The molecule has 94 valence electrons. The highest BCUT2D eigenvalue weighted by Crippen LogP contribution is 2.20. The van der Waals surface area contributed by atoms with Gasteiger partial charge in [-0.1, -0.05) is 12.1 Å². The third kappa shape index (κ3) is 4.07. The maximum absolute atomic E-state index is 11.6. The number of hydrogen-bond donors (Lipinski definition) is 1. The summed E-state index contributed by atoms with van der Waals surface area (Å²) < 4.78 is 10.1. The minimum Gasteiger partial charge on any atom is -0.497 e. The van der Waals surface area contributed by atoms with Crippen LogP contribution in [0.15, 0.2) is 24.3 Å². The Bertz CT molecular complexity index is 375. The van der Waals surface area contributed by atoms with Crippen LogP contribution in [0.3, 0.4) is 0 Å². The molecule has 0 saturated heterocycles.